The summed E-state index contributed by atoms with van der Waals surface area (Å²) in [6, 6.07) is 8.09. The third kappa shape index (κ3) is 1.57. The Hall–Kier alpha value is -0.835. The molecular weight excluding hydrogens is 131 g/mol. The van der Waals surface area contributed by atoms with Gasteiger partial charge in [-0.3, -0.25) is 0 Å². The van der Waals surface area contributed by atoms with Gasteiger partial charge in [0.25, 0.3) is 0 Å². The maximum absolute atomic E-state index is 8.77. The minimum Gasteiger partial charge on any atom is -0.640 e. The van der Waals surface area contributed by atoms with E-state index in [0.29, 0.717) is 0 Å². The van der Waals surface area contributed by atoms with Gasteiger partial charge in [0.05, 0.1) is 0 Å². The third-order valence-electron chi connectivity index (χ3n) is 1.26. The lowest BCUT2D eigenvalue weighted by molar-refractivity contribution is 0.250. The first kappa shape index (κ1) is 7.27. The molecule has 1 aromatic carbocycles. The molecule has 54 valence electrons. The van der Waals surface area contributed by atoms with Crippen molar-refractivity contribution in [3.63, 3.8) is 0 Å². The molecule has 0 unspecified atom stereocenters. The van der Waals surface area contributed by atoms with E-state index in [9.17, 15) is 0 Å². The summed E-state index contributed by atoms with van der Waals surface area (Å²) in [5, 5.41) is 24.4. The van der Waals surface area contributed by atoms with Crippen LogP contribution in [-0.4, -0.2) is 21.8 Å². The molecule has 1 rings (SSSR count). The number of rotatable bonds is 1. The van der Waals surface area contributed by atoms with Gasteiger partial charge >= 0.3 is 6.75 Å². The summed E-state index contributed by atoms with van der Waals surface area (Å²) in [7, 11) is 0. The summed E-state index contributed by atoms with van der Waals surface area (Å²) in [6.45, 7) is -3.05. The predicted molar refractivity (Wildman–Crippen MR) is 39.9 cm³/mol. The van der Waals surface area contributed by atoms with Gasteiger partial charge in [-0.2, -0.15) is 0 Å². The average Bonchev–Trinajstić information content (AvgIpc) is 1.88. The highest BCUT2D eigenvalue weighted by Crippen LogP contribution is 1.89. The van der Waals surface area contributed by atoms with Crippen molar-refractivity contribution in [3.05, 3.63) is 30.3 Å². The molecule has 0 aliphatic heterocycles. The lowest BCUT2D eigenvalue weighted by Gasteiger charge is -2.13. The van der Waals surface area contributed by atoms with Crippen LogP contribution in [0.15, 0.2) is 30.3 Å². The van der Waals surface area contributed by atoms with Crippen LogP contribution >= 0.6 is 0 Å². The van der Waals surface area contributed by atoms with Crippen LogP contribution in [0.2, 0.25) is 0 Å². The van der Waals surface area contributed by atoms with E-state index < -0.39 is 6.75 Å². The molecule has 0 aromatic heterocycles. The smallest absolute Gasteiger partial charge is 0.593 e. The van der Waals surface area contributed by atoms with Crippen LogP contribution < -0.4 is 5.46 Å². The summed E-state index contributed by atoms with van der Waals surface area (Å²) in [5.41, 5.74) is 0.238. The fourth-order valence-corrected chi connectivity index (χ4v) is 0.721. The van der Waals surface area contributed by atoms with Crippen molar-refractivity contribution < 1.29 is 15.1 Å². The second-order valence-electron chi connectivity index (χ2n) is 2.19. The van der Waals surface area contributed by atoms with Gasteiger partial charge in [0.15, 0.2) is 0 Å². The number of benzene rings is 1. The molecule has 0 aliphatic carbocycles. The summed E-state index contributed by atoms with van der Waals surface area (Å²) in [5.74, 6) is 0. The third-order valence-corrected chi connectivity index (χ3v) is 1.26. The second kappa shape index (κ2) is 2.42. The number of hydrogen-bond acceptors (Lipinski definition) is 2. The second-order valence-corrected chi connectivity index (χ2v) is 2.19. The van der Waals surface area contributed by atoms with Gasteiger partial charge in [-0.15, -0.1) is 0 Å². The highest BCUT2D eigenvalue weighted by atomic mass is 16.5. The van der Waals surface area contributed by atoms with Crippen LogP contribution in [-0.2, 0) is 0 Å². The van der Waals surface area contributed by atoms with Crippen LogP contribution in [0.1, 0.15) is 0 Å². The zero-order valence-corrected chi connectivity index (χ0v) is 5.36. The van der Waals surface area contributed by atoms with Crippen LogP contribution in [0.4, 0.5) is 0 Å². The molecule has 0 bridgehead atoms. The molecule has 1 aromatic rings. The van der Waals surface area contributed by atoms with Crippen LogP contribution in [0.3, 0.4) is 0 Å². The molecule has 0 atom stereocenters. The average molecular weight is 140 g/mol. The molecule has 10 heavy (non-hydrogen) atoms. The normalized spacial score (nSPS) is 11.5. The molecule has 0 spiro atoms. The highest BCUT2D eigenvalue weighted by Gasteiger charge is 2.27. The van der Waals surface area contributed by atoms with Gasteiger partial charge < -0.3 is 15.1 Å². The summed E-state index contributed by atoms with van der Waals surface area (Å²) in [6.07, 6.45) is 0. The van der Waals surface area contributed by atoms with E-state index in [1.807, 2.05) is 0 Å². The first-order valence-corrected chi connectivity index (χ1v) is 3.00. The summed E-state index contributed by atoms with van der Waals surface area (Å²) < 4.78 is 0. The standard InChI is InChI=1S/C6H9BO3/c8-7(9,10)6-4-2-1-3-5-6/h1-5,8-9H,10H2. The largest absolute Gasteiger partial charge is 0.640 e. The van der Waals surface area contributed by atoms with E-state index in [-0.39, 0.29) is 5.46 Å². The molecule has 0 radical (unpaired) electrons. The van der Waals surface area contributed by atoms with Crippen molar-refractivity contribution in [1.29, 1.82) is 0 Å². The Morgan fingerprint density at radius 2 is 1.60 bits per heavy atom. The first-order valence-electron chi connectivity index (χ1n) is 3.00. The summed E-state index contributed by atoms with van der Waals surface area (Å²) >= 11 is 0. The topological polar surface area (TPSA) is 63.4 Å². The van der Waals surface area contributed by atoms with E-state index >= 15 is 0 Å². The Labute approximate surface area is 58.6 Å². The zero-order chi connectivity index (χ0) is 7.61. The van der Waals surface area contributed by atoms with Crippen molar-refractivity contribution in [3.8, 4) is 0 Å². The lowest BCUT2D eigenvalue weighted by Crippen LogP contribution is -2.48. The Morgan fingerprint density at radius 1 is 1.10 bits per heavy atom. The van der Waals surface area contributed by atoms with Crippen LogP contribution in [0, 0.1) is 0 Å². The molecular formula is C6H9BO3. The van der Waals surface area contributed by atoms with Gasteiger partial charge in [-0.25, -0.2) is 0 Å². The molecule has 0 aliphatic rings. The van der Waals surface area contributed by atoms with E-state index in [0.717, 1.165) is 0 Å². The van der Waals surface area contributed by atoms with Crippen LogP contribution in [0.25, 0.3) is 0 Å². The lowest BCUT2D eigenvalue weighted by atomic mass is 9.71. The zero-order valence-electron chi connectivity index (χ0n) is 5.36. The fraction of sp³-hybridized carbons (Fsp3) is 0. The van der Waals surface area contributed by atoms with Gasteiger partial charge in [0.2, 0.25) is 0 Å². The SMILES string of the molecule is O[B-](O)([OH2+])c1ccccc1. The predicted octanol–water partition coefficient (Wildman–Crippen LogP) is -1.46. The van der Waals surface area contributed by atoms with Gasteiger partial charge in [-0.05, 0) is 0 Å². The Bertz CT molecular complexity index is 204. The van der Waals surface area contributed by atoms with Crippen molar-refractivity contribution >= 4 is 12.2 Å². The molecule has 0 saturated heterocycles. The summed E-state index contributed by atoms with van der Waals surface area (Å²) in [4.78, 5) is 0. The molecule has 4 heteroatoms. The monoisotopic (exact) mass is 140 g/mol. The first-order chi connectivity index (χ1) is 4.61. The molecule has 3 nitrogen and oxygen atoms in total. The van der Waals surface area contributed by atoms with E-state index in [1.54, 1.807) is 18.2 Å². The Balaban J connectivity index is 2.97. The Morgan fingerprint density at radius 3 is 1.90 bits per heavy atom. The van der Waals surface area contributed by atoms with Crippen molar-refractivity contribution in [1.82, 2.24) is 0 Å². The Kier molecular flexibility index (Phi) is 1.76. The quantitative estimate of drug-likeness (QED) is 0.370. The fourth-order valence-electron chi connectivity index (χ4n) is 0.721. The number of hydrogen-bond donors (Lipinski definition) is 2. The van der Waals surface area contributed by atoms with E-state index in [2.05, 4.69) is 0 Å². The van der Waals surface area contributed by atoms with Crippen molar-refractivity contribution in [2.75, 3.05) is 0 Å². The van der Waals surface area contributed by atoms with Crippen molar-refractivity contribution in [2.45, 2.75) is 0 Å². The molecule has 0 fully saturated rings. The van der Waals surface area contributed by atoms with Gasteiger partial charge in [0, 0.05) is 0 Å². The van der Waals surface area contributed by atoms with E-state index in [1.165, 1.54) is 12.1 Å². The van der Waals surface area contributed by atoms with Gasteiger partial charge in [0.1, 0.15) is 0 Å². The molecule has 0 heterocycles. The highest BCUT2D eigenvalue weighted by molar-refractivity contribution is 6.71. The van der Waals surface area contributed by atoms with Crippen molar-refractivity contribution in [2.24, 2.45) is 0 Å². The molecule has 0 saturated carbocycles. The van der Waals surface area contributed by atoms with E-state index in [4.69, 9.17) is 15.1 Å². The van der Waals surface area contributed by atoms with Gasteiger partial charge in [-0.1, -0.05) is 35.8 Å². The maximum atomic E-state index is 8.77. The maximum Gasteiger partial charge on any atom is 0.593 e. The minimum atomic E-state index is -3.05. The minimum absolute atomic E-state index is 0.238. The van der Waals surface area contributed by atoms with Crippen LogP contribution in [0.5, 0.6) is 0 Å². The molecule has 4 N–H and O–H groups in total. The molecule has 0 amide bonds.